The van der Waals surface area contributed by atoms with Gasteiger partial charge in [-0.15, -0.1) is 0 Å². The van der Waals surface area contributed by atoms with Crippen molar-refractivity contribution in [3.63, 3.8) is 0 Å². The maximum Gasteiger partial charge on any atom is 0.335 e. The molecule has 25 heavy (non-hydrogen) atoms. The second-order valence-corrected chi connectivity index (χ2v) is 6.97. The monoisotopic (exact) mass is 358 g/mol. The maximum absolute atomic E-state index is 11.1. The highest BCUT2D eigenvalue weighted by Gasteiger charge is 2.15. The molecule has 1 aliphatic heterocycles. The Morgan fingerprint density at radius 3 is 2.20 bits per heavy atom. The van der Waals surface area contributed by atoms with Crippen molar-refractivity contribution in [2.75, 3.05) is 26.2 Å². The van der Waals surface area contributed by atoms with Crippen molar-refractivity contribution < 1.29 is 9.90 Å². The number of carboxylic acid groups (broad SMARTS) is 1. The summed E-state index contributed by atoms with van der Waals surface area (Å²) in [6.07, 6.45) is 1.12. The molecule has 1 saturated heterocycles. The van der Waals surface area contributed by atoms with Crippen molar-refractivity contribution >= 4 is 17.6 Å². The van der Waals surface area contributed by atoms with E-state index in [0.29, 0.717) is 5.56 Å². The first-order valence-electron chi connectivity index (χ1n) is 8.61. The van der Waals surface area contributed by atoms with Gasteiger partial charge in [0.15, 0.2) is 0 Å². The first-order valence-corrected chi connectivity index (χ1v) is 8.99. The Bertz CT molecular complexity index is 718. The third-order valence-corrected chi connectivity index (χ3v) is 4.83. The fourth-order valence-corrected chi connectivity index (χ4v) is 3.38. The van der Waals surface area contributed by atoms with Gasteiger partial charge in [0.2, 0.25) is 0 Å². The minimum atomic E-state index is -0.869. The lowest BCUT2D eigenvalue weighted by Crippen LogP contribution is -2.30. The SMILES string of the molecule is O=C(O)c1cccc(CN2CCCN(Cc3ccc(Cl)cc3)CC2)c1. The third kappa shape index (κ3) is 5.30. The molecule has 132 valence electrons. The lowest BCUT2D eigenvalue weighted by atomic mass is 10.1. The molecule has 0 amide bonds. The van der Waals surface area contributed by atoms with Crippen molar-refractivity contribution in [2.24, 2.45) is 0 Å². The largest absolute Gasteiger partial charge is 0.478 e. The van der Waals surface area contributed by atoms with E-state index in [-0.39, 0.29) is 0 Å². The molecule has 1 fully saturated rings. The number of aromatic carboxylic acids is 1. The average Bonchev–Trinajstić information content (AvgIpc) is 2.82. The number of hydrogen-bond donors (Lipinski definition) is 1. The van der Waals surface area contributed by atoms with Crippen LogP contribution in [0.1, 0.15) is 27.9 Å². The van der Waals surface area contributed by atoms with E-state index >= 15 is 0 Å². The fraction of sp³-hybridized carbons (Fsp3) is 0.350. The molecule has 1 aliphatic rings. The summed E-state index contributed by atoms with van der Waals surface area (Å²) in [4.78, 5) is 16.0. The Balaban J connectivity index is 1.55. The van der Waals surface area contributed by atoms with E-state index in [2.05, 4.69) is 21.9 Å². The molecular formula is C20H23ClN2O2. The lowest BCUT2D eigenvalue weighted by Gasteiger charge is -2.22. The molecule has 1 N–H and O–H groups in total. The van der Waals surface area contributed by atoms with Crippen LogP contribution in [0.5, 0.6) is 0 Å². The summed E-state index contributed by atoms with van der Waals surface area (Å²) in [6.45, 7) is 5.87. The van der Waals surface area contributed by atoms with Gasteiger partial charge in [0, 0.05) is 31.2 Å². The van der Waals surface area contributed by atoms with Crippen molar-refractivity contribution in [1.82, 2.24) is 9.80 Å². The van der Waals surface area contributed by atoms with Crippen LogP contribution in [-0.4, -0.2) is 47.1 Å². The molecule has 3 rings (SSSR count). The zero-order valence-electron chi connectivity index (χ0n) is 14.2. The highest BCUT2D eigenvalue weighted by Crippen LogP contribution is 2.15. The molecule has 1 heterocycles. The molecule has 0 spiro atoms. The zero-order valence-corrected chi connectivity index (χ0v) is 15.0. The summed E-state index contributed by atoms with van der Waals surface area (Å²) in [6, 6.07) is 15.3. The zero-order chi connectivity index (χ0) is 17.6. The molecule has 0 bridgehead atoms. The van der Waals surface area contributed by atoms with E-state index < -0.39 is 5.97 Å². The minimum absolute atomic E-state index is 0.358. The van der Waals surface area contributed by atoms with Crippen LogP contribution in [-0.2, 0) is 13.1 Å². The van der Waals surface area contributed by atoms with Crippen LogP contribution in [0.2, 0.25) is 5.02 Å². The quantitative estimate of drug-likeness (QED) is 0.884. The van der Waals surface area contributed by atoms with Gasteiger partial charge in [0.05, 0.1) is 5.56 Å². The van der Waals surface area contributed by atoms with E-state index in [1.807, 2.05) is 24.3 Å². The minimum Gasteiger partial charge on any atom is -0.478 e. The first kappa shape index (κ1) is 17.9. The highest BCUT2D eigenvalue weighted by atomic mass is 35.5. The van der Waals surface area contributed by atoms with E-state index in [0.717, 1.165) is 56.3 Å². The van der Waals surface area contributed by atoms with Gasteiger partial charge < -0.3 is 5.11 Å². The Morgan fingerprint density at radius 2 is 1.56 bits per heavy atom. The first-order chi connectivity index (χ1) is 12.1. The lowest BCUT2D eigenvalue weighted by molar-refractivity contribution is 0.0696. The molecule has 0 aromatic heterocycles. The van der Waals surface area contributed by atoms with Crippen LogP contribution in [0.15, 0.2) is 48.5 Å². The molecular weight excluding hydrogens is 336 g/mol. The normalized spacial score (nSPS) is 16.5. The van der Waals surface area contributed by atoms with Crippen LogP contribution in [0, 0.1) is 0 Å². The molecule has 5 heteroatoms. The van der Waals surface area contributed by atoms with Crippen LogP contribution in [0.3, 0.4) is 0 Å². The number of nitrogens with zero attached hydrogens (tertiary/aromatic N) is 2. The standard InChI is InChI=1S/C20H23ClN2O2/c21-19-7-5-16(6-8-19)14-22-9-2-10-23(12-11-22)15-17-3-1-4-18(13-17)20(24)25/h1,3-8,13H,2,9-12,14-15H2,(H,24,25). The molecule has 0 radical (unpaired) electrons. The van der Waals surface area contributed by atoms with Gasteiger partial charge in [-0.2, -0.15) is 0 Å². The molecule has 4 nitrogen and oxygen atoms in total. The van der Waals surface area contributed by atoms with E-state index in [4.69, 9.17) is 16.7 Å². The van der Waals surface area contributed by atoms with Gasteiger partial charge in [-0.3, -0.25) is 9.80 Å². The molecule has 0 saturated carbocycles. The predicted molar refractivity (Wildman–Crippen MR) is 100 cm³/mol. The van der Waals surface area contributed by atoms with Gasteiger partial charge in [-0.05, 0) is 54.9 Å². The Hall–Kier alpha value is -1.88. The number of rotatable bonds is 5. The van der Waals surface area contributed by atoms with Gasteiger partial charge in [0.25, 0.3) is 0 Å². The molecule has 0 unspecified atom stereocenters. The number of benzene rings is 2. The van der Waals surface area contributed by atoms with Gasteiger partial charge >= 0.3 is 5.97 Å². The summed E-state index contributed by atoms with van der Waals surface area (Å²) >= 11 is 5.95. The maximum atomic E-state index is 11.1. The molecule has 2 aromatic carbocycles. The number of hydrogen-bond acceptors (Lipinski definition) is 3. The van der Waals surface area contributed by atoms with Gasteiger partial charge in [0.1, 0.15) is 0 Å². The smallest absolute Gasteiger partial charge is 0.335 e. The van der Waals surface area contributed by atoms with Gasteiger partial charge in [-0.25, -0.2) is 4.79 Å². The summed E-state index contributed by atoms with van der Waals surface area (Å²) in [5.74, 6) is -0.869. The number of carboxylic acids is 1. The highest BCUT2D eigenvalue weighted by molar-refractivity contribution is 6.30. The van der Waals surface area contributed by atoms with Crippen LogP contribution in [0.4, 0.5) is 0 Å². The van der Waals surface area contributed by atoms with Crippen molar-refractivity contribution in [3.05, 3.63) is 70.2 Å². The molecule has 0 atom stereocenters. The van der Waals surface area contributed by atoms with Crippen molar-refractivity contribution in [3.8, 4) is 0 Å². The van der Waals surface area contributed by atoms with E-state index in [1.54, 1.807) is 12.1 Å². The predicted octanol–water partition coefficient (Wildman–Crippen LogP) is 3.75. The van der Waals surface area contributed by atoms with Crippen molar-refractivity contribution in [2.45, 2.75) is 19.5 Å². The Labute approximate surface area is 153 Å². The van der Waals surface area contributed by atoms with Crippen LogP contribution < -0.4 is 0 Å². The topological polar surface area (TPSA) is 43.8 Å². The molecule has 2 aromatic rings. The average molecular weight is 359 g/mol. The summed E-state index contributed by atoms with van der Waals surface area (Å²) in [5.41, 5.74) is 2.70. The van der Waals surface area contributed by atoms with Crippen LogP contribution >= 0.6 is 11.6 Å². The summed E-state index contributed by atoms with van der Waals surface area (Å²) in [7, 11) is 0. The van der Waals surface area contributed by atoms with Crippen molar-refractivity contribution in [1.29, 1.82) is 0 Å². The third-order valence-electron chi connectivity index (χ3n) is 4.58. The second kappa shape index (κ2) is 8.48. The number of carbonyl (C=O) groups is 1. The van der Waals surface area contributed by atoms with E-state index in [9.17, 15) is 4.79 Å². The van der Waals surface area contributed by atoms with Crippen LogP contribution in [0.25, 0.3) is 0 Å². The Morgan fingerprint density at radius 1 is 0.920 bits per heavy atom. The Kier molecular flexibility index (Phi) is 6.08. The second-order valence-electron chi connectivity index (χ2n) is 6.54. The van der Waals surface area contributed by atoms with Gasteiger partial charge in [-0.1, -0.05) is 35.9 Å². The molecule has 0 aliphatic carbocycles. The van der Waals surface area contributed by atoms with E-state index in [1.165, 1.54) is 5.56 Å². The summed E-state index contributed by atoms with van der Waals surface area (Å²) in [5, 5.41) is 9.90. The summed E-state index contributed by atoms with van der Waals surface area (Å²) < 4.78 is 0. The number of halogens is 1. The fourth-order valence-electron chi connectivity index (χ4n) is 3.25.